The van der Waals surface area contributed by atoms with Gasteiger partial charge in [0.1, 0.15) is 5.75 Å². The van der Waals surface area contributed by atoms with Gasteiger partial charge in [-0.15, -0.1) is 11.8 Å². The molecule has 2 heterocycles. The molecule has 0 amide bonds. The van der Waals surface area contributed by atoms with E-state index >= 15 is 0 Å². The largest absolute Gasteiger partial charge is 0.493 e. The summed E-state index contributed by atoms with van der Waals surface area (Å²) in [6, 6.07) is 15.8. The number of rotatable bonds is 5. The fourth-order valence-electron chi connectivity index (χ4n) is 4.30. The molecule has 1 unspecified atom stereocenters. The van der Waals surface area contributed by atoms with Crippen molar-refractivity contribution < 1.29 is 4.74 Å². The van der Waals surface area contributed by atoms with Crippen molar-refractivity contribution in [1.82, 2.24) is 10.2 Å². The molecule has 2 aromatic carbocycles. The maximum absolute atomic E-state index is 6.17. The van der Waals surface area contributed by atoms with E-state index in [1.165, 1.54) is 34.4 Å². The molecular weight excluding hydrogens is 352 g/mol. The van der Waals surface area contributed by atoms with Crippen LogP contribution in [0.5, 0.6) is 5.75 Å². The number of nitrogens with one attached hydrogen (secondary N) is 1. The average molecular weight is 383 g/mol. The number of likely N-dealkylation sites (N-methyl/N-ethyl adjacent to an activating group) is 1. The van der Waals surface area contributed by atoms with Gasteiger partial charge in [0.05, 0.1) is 6.61 Å². The molecule has 0 aliphatic carbocycles. The standard InChI is InChI=1S/C23H30N2OS/c1-25-14-19-13-20(26-16-17-9-11-24-12-10-17)5-8-22(19)23(15-25)18-3-6-21(27-2)7-4-18/h3-8,13,17,23-24H,9-12,14-16H2,1-2H3. The fourth-order valence-corrected chi connectivity index (χ4v) is 4.71. The number of benzene rings is 2. The molecule has 27 heavy (non-hydrogen) atoms. The van der Waals surface area contributed by atoms with Crippen LogP contribution in [0.4, 0.5) is 0 Å². The lowest BCUT2D eigenvalue weighted by Gasteiger charge is -2.33. The second kappa shape index (κ2) is 8.68. The number of hydrogen-bond acceptors (Lipinski definition) is 4. The third-order valence-corrected chi connectivity index (χ3v) is 6.63. The quantitative estimate of drug-likeness (QED) is 0.777. The maximum atomic E-state index is 6.17. The molecule has 0 aromatic heterocycles. The van der Waals surface area contributed by atoms with Crippen LogP contribution in [-0.2, 0) is 6.54 Å². The van der Waals surface area contributed by atoms with Crippen molar-refractivity contribution in [2.45, 2.75) is 30.2 Å². The summed E-state index contributed by atoms with van der Waals surface area (Å²) in [6.45, 7) is 5.16. The number of hydrogen-bond donors (Lipinski definition) is 1. The lowest BCUT2D eigenvalue weighted by atomic mass is 9.85. The van der Waals surface area contributed by atoms with E-state index in [0.717, 1.165) is 38.5 Å². The van der Waals surface area contributed by atoms with Crippen LogP contribution < -0.4 is 10.1 Å². The number of fused-ring (bicyclic) bond motifs is 1. The number of thioether (sulfide) groups is 1. The zero-order valence-electron chi connectivity index (χ0n) is 16.4. The Morgan fingerprint density at radius 3 is 2.63 bits per heavy atom. The van der Waals surface area contributed by atoms with Crippen LogP contribution in [-0.4, -0.2) is 44.4 Å². The molecular formula is C23H30N2OS. The van der Waals surface area contributed by atoms with Gasteiger partial charge in [-0.05, 0) is 86.1 Å². The maximum Gasteiger partial charge on any atom is 0.119 e. The third-order valence-electron chi connectivity index (χ3n) is 5.89. The molecule has 1 atom stereocenters. The lowest BCUT2D eigenvalue weighted by Crippen LogP contribution is -2.31. The van der Waals surface area contributed by atoms with Crippen molar-refractivity contribution >= 4 is 11.8 Å². The average Bonchev–Trinajstić information content (AvgIpc) is 2.72. The van der Waals surface area contributed by atoms with Crippen molar-refractivity contribution in [3.05, 3.63) is 59.2 Å². The molecule has 4 heteroatoms. The Bertz CT molecular complexity index is 755. The zero-order chi connectivity index (χ0) is 18.6. The molecule has 1 fully saturated rings. The minimum absolute atomic E-state index is 0.438. The highest BCUT2D eigenvalue weighted by Crippen LogP contribution is 2.35. The summed E-state index contributed by atoms with van der Waals surface area (Å²) in [7, 11) is 2.22. The van der Waals surface area contributed by atoms with Crippen LogP contribution in [0.1, 0.15) is 35.4 Å². The van der Waals surface area contributed by atoms with E-state index in [4.69, 9.17) is 4.74 Å². The lowest BCUT2D eigenvalue weighted by molar-refractivity contribution is 0.214. The van der Waals surface area contributed by atoms with E-state index < -0.39 is 0 Å². The SMILES string of the molecule is CSc1ccc(C2CN(C)Cc3cc(OCC4CCNCC4)ccc32)cc1. The summed E-state index contributed by atoms with van der Waals surface area (Å²) in [5.41, 5.74) is 4.27. The second-order valence-electron chi connectivity index (χ2n) is 7.89. The zero-order valence-corrected chi connectivity index (χ0v) is 17.2. The number of nitrogens with zero attached hydrogens (tertiary/aromatic N) is 1. The molecule has 2 aliphatic heterocycles. The van der Waals surface area contributed by atoms with E-state index in [9.17, 15) is 0 Å². The summed E-state index contributed by atoms with van der Waals surface area (Å²) in [4.78, 5) is 3.75. The van der Waals surface area contributed by atoms with E-state index in [0.29, 0.717) is 11.8 Å². The Morgan fingerprint density at radius 1 is 1.11 bits per heavy atom. The van der Waals surface area contributed by atoms with Crippen LogP contribution in [0.15, 0.2) is 47.4 Å². The van der Waals surface area contributed by atoms with Crippen LogP contribution in [0.3, 0.4) is 0 Å². The van der Waals surface area contributed by atoms with Crippen molar-refractivity contribution in [1.29, 1.82) is 0 Å². The molecule has 1 saturated heterocycles. The molecule has 4 rings (SSSR count). The third kappa shape index (κ3) is 4.50. The Kier molecular flexibility index (Phi) is 6.06. The predicted octanol–water partition coefficient (Wildman–Crippen LogP) is 4.36. The molecule has 144 valence electrons. The Balaban J connectivity index is 1.51. The number of ether oxygens (including phenoxy) is 1. The van der Waals surface area contributed by atoms with Crippen molar-refractivity contribution in [2.24, 2.45) is 5.92 Å². The van der Waals surface area contributed by atoms with Gasteiger partial charge in [-0.2, -0.15) is 0 Å². The summed E-state index contributed by atoms with van der Waals surface area (Å²) < 4.78 is 6.17. The predicted molar refractivity (Wildman–Crippen MR) is 114 cm³/mol. The van der Waals surface area contributed by atoms with Gasteiger partial charge < -0.3 is 15.0 Å². The van der Waals surface area contributed by atoms with Crippen LogP contribution in [0.2, 0.25) is 0 Å². The molecule has 0 radical (unpaired) electrons. The van der Waals surface area contributed by atoms with Gasteiger partial charge in [0.25, 0.3) is 0 Å². The summed E-state index contributed by atoms with van der Waals surface area (Å²) >= 11 is 1.80. The molecule has 2 aromatic rings. The molecule has 0 spiro atoms. The van der Waals surface area contributed by atoms with Gasteiger partial charge in [-0.1, -0.05) is 18.2 Å². The molecule has 0 bridgehead atoms. The highest BCUT2D eigenvalue weighted by atomic mass is 32.2. The van der Waals surface area contributed by atoms with E-state index in [2.05, 4.69) is 66.0 Å². The smallest absolute Gasteiger partial charge is 0.119 e. The first-order chi connectivity index (χ1) is 13.2. The first-order valence-corrected chi connectivity index (χ1v) is 11.2. The van der Waals surface area contributed by atoms with Gasteiger partial charge >= 0.3 is 0 Å². The number of piperidine rings is 1. The minimum atomic E-state index is 0.438. The van der Waals surface area contributed by atoms with Crippen LogP contribution in [0.25, 0.3) is 0 Å². The summed E-state index contributed by atoms with van der Waals surface area (Å²) in [5.74, 6) is 2.15. The second-order valence-corrected chi connectivity index (χ2v) is 8.77. The molecule has 0 saturated carbocycles. The highest BCUT2D eigenvalue weighted by molar-refractivity contribution is 7.98. The van der Waals surface area contributed by atoms with Gasteiger partial charge in [-0.3, -0.25) is 0 Å². The van der Waals surface area contributed by atoms with Crippen molar-refractivity contribution in [3.63, 3.8) is 0 Å². The van der Waals surface area contributed by atoms with Crippen LogP contribution in [0, 0.1) is 5.92 Å². The Hall–Kier alpha value is -1.49. The molecule has 3 nitrogen and oxygen atoms in total. The fraction of sp³-hybridized carbons (Fsp3) is 0.478. The van der Waals surface area contributed by atoms with Crippen molar-refractivity contribution in [2.75, 3.05) is 39.5 Å². The Morgan fingerprint density at radius 2 is 1.89 bits per heavy atom. The van der Waals surface area contributed by atoms with Crippen molar-refractivity contribution in [3.8, 4) is 5.75 Å². The van der Waals surface area contributed by atoms with Gasteiger partial charge in [-0.25, -0.2) is 0 Å². The summed E-state index contributed by atoms with van der Waals surface area (Å²) in [6.07, 6.45) is 4.58. The Labute approximate surface area is 167 Å². The van der Waals surface area contributed by atoms with Gasteiger partial charge in [0, 0.05) is 23.9 Å². The summed E-state index contributed by atoms with van der Waals surface area (Å²) in [5, 5.41) is 3.42. The first kappa shape index (κ1) is 18.9. The van der Waals surface area contributed by atoms with Gasteiger partial charge in [0.2, 0.25) is 0 Å². The highest BCUT2D eigenvalue weighted by Gasteiger charge is 2.25. The molecule has 1 N–H and O–H groups in total. The van der Waals surface area contributed by atoms with E-state index in [-0.39, 0.29) is 0 Å². The first-order valence-electron chi connectivity index (χ1n) is 10.0. The van der Waals surface area contributed by atoms with E-state index in [1.807, 2.05) is 0 Å². The van der Waals surface area contributed by atoms with Gasteiger partial charge in [0.15, 0.2) is 0 Å². The van der Waals surface area contributed by atoms with E-state index in [1.54, 1.807) is 11.8 Å². The minimum Gasteiger partial charge on any atom is -0.493 e. The topological polar surface area (TPSA) is 24.5 Å². The molecule has 2 aliphatic rings. The monoisotopic (exact) mass is 382 g/mol. The van der Waals surface area contributed by atoms with Crippen LogP contribution >= 0.6 is 11.8 Å². The normalized spacial score (nSPS) is 21.0.